The van der Waals surface area contributed by atoms with E-state index in [1.54, 1.807) is 0 Å². The van der Waals surface area contributed by atoms with Crippen LogP contribution in [0.25, 0.3) is 0 Å². The van der Waals surface area contributed by atoms with Crippen LogP contribution < -0.4 is 27.8 Å². The molecular weight excluding hydrogens is 388 g/mol. The second-order valence-corrected chi connectivity index (χ2v) is 7.93. The minimum Gasteiger partial charge on any atom is -0.481 e. The standard InChI is InChI=1S/C10H16N2O3S.C6H14N4O2/c13-8(14)4-2-1-3-7-9-6(5-16-7)11-10(15)12-9;7-4(5(11)12)2-1-3-10-6(8)9/h6-7,9H,1-5H2,(H,13,14)(H2,11,12,15);4H,1-3,7H2,(H,11,12)(H4,8,9,10)/t6-,7-,9-;/m1./s1. The van der Waals surface area contributed by atoms with E-state index in [-0.39, 0.29) is 30.5 Å². The molecule has 11 nitrogen and oxygen atoms in total. The second-order valence-electron chi connectivity index (χ2n) is 6.65. The van der Waals surface area contributed by atoms with E-state index in [2.05, 4.69) is 15.6 Å². The zero-order valence-corrected chi connectivity index (χ0v) is 16.5. The quantitative estimate of drug-likeness (QED) is 0.103. The van der Waals surface area contributed by atoms with Gasteiger partial charge < -0.3 is 38.0 Å². The van der Waals surface area contributed by atoms with Crippen molar-refractivity contribution >= 4 is 35.7 Å². The fourth-order valence-electron chi connectivity index (χ4n) is 2.91. The summed E-state index contributed by atoms with van der Waals surface area (Å²) < 4.78 is 0. The lowest BCUT2D eigenvalue weighted by Gasteiger charge is -2.16. The molecule has 28 heavy (non-hydrogen) atoms. The van der Waals surface area contributed by atoms with E-state index in [4.69, 9.17) is 27.4 Å². The second kappa shape index (κ2) is 12.3. The van der Waals surface area contributed by atoms with E-state index in [0.29, 0.717) is 24.6 Å². The molecule has 0 bridgehead atoms. The number of guanidine groups is 1. The van der Waals surface area contributed by atoms with Crippen molar-refractivity contribution in [3.05, 3.63) is 0 Å². The highest BCUT2D eigenvalue weighted by molar-refractivity contribution is 8.00. The normalized spacial score (nSPS) is 23.5. The predicted octanol–water partition coefficient (Wildman–Crippen LogP) is -0.751. The lowest BCUT2D eigenvalue weighted by Crippen LogP contribution is -2.36. The van der Waals surface area contributed by atoms with Gasteiger partial charge in [0, 0.05) is 24.0 Å². The van der Waals surface area contributed by atoms with Crippen molar-refractivity contribution in [2.24, 2.45) is 22.2 Å². The van der Waals surface area contributed by atoms with Crippen LogP contribution in [0.1, 0.15) is 38.5 Å². The Balaban J connectivity index is 0.000000295. The van der Waals surface area contributed by atoms with Gasteiger partial charge in [-0.2, -0.15) is 11.8 Å². The van der Waals surface area contributed by atoms with Crippen molar-refractivity contribution in [3.8, 4) is 0 Å². The molecule has 4 atom stereocenters. The number of thioether (sulfide) groups is 1. The van der Waals surface area contributed by atoms with Gasteiger partial charge in [-0.05, 0) is 25.7 Å². The molecular formula is C16H30N6O5S. The molecule has 2 fully saturated rings. The van der Waals surface area contributed by atoms with E-state index >= 15 is 0 Å². The number of aliphatic imine (C=N–C) groups is 1. The largest absolute Gasteiger partial charge is 0.481 e. The first-order valence-corrected chi connectivity index (χ1v) is 10.2. The predicted molar refractivity (Wildman–Crippen MR) is 107 cm³/mol. The summed E-state index contributed by atoms with van der Waals surface area (Å²) in [6.45, 7) is 0.420. The summed E-state index contributed by atoms with van der Waals surface area (Å²) in [5.74, 6) is -0.751. The summed E-state index contributed by atoms with van der Waals surface area (Å²) in [6, 6.07) is -0.380. The Hall–Kier alpha value is -2.21. The first-order chi connectivity index (χ1) is 13.2. The van der Waals surface area contributed by atoms with Gasteiger partial charge in [0.25, 0.3) is 0 Å². The van der Waals surface area contributed by atoms with E-state index in [0.717, 1.165) is 25.0 Å². The van der Waals surface area contributed by atoms with Crippen molar-refractivity contribution in [2.75, 3.05) is 12.3 Å². The minimum absolute atomic E-state index is 0.0129. The fourth-order valence-corrected chi connectivity index (χ4v) is 4.45. The number of hydrogen-bond acceptors (Lipinski definition) is 6. The number of hydrogen-bond donors (Lipinski definition) is 7. The molecule has 10 N–H and O–H groups in total. The van der Waals surface area contributed by atoms with Crippen LogP contribution in [0.4, 0.5) is 4.79 Å². The number of fused-ring (bicyclic) bond motifs is 1. The highest BCUT2D eigenvalue weighted by atomic mass is 32.2. The monoisotopic (exact) mass is 418 g/mol. The molecule has 0 aliphatic carbocycles. The number of nitrogens with one attached hydrogen (secondary N) is 2. The Morgan fingerprint density at radius 2 is 1.93 bits per heavy atom. The van der Waals surface area contributed by atoms with Gasteiger partial charge in [0.15, 0.2) is 5.96 Å². The van der Waals surface area contributed by atoms with Crippen molar-refractivity contribution < 1.29 is 24.6 Å². The summed E-state index contributed by atoms with van der Waals surface area (Å²) in [5.41, 5.74) is 15.3. The Morgan fingerprint density at radius 1 is 1.21 bits per heavy atom. The van der Waals surface area contributed by atoms with E-state index < -0.39 is 18.0 Å². The molecule has 0 radical (unpaired) electrons. The van der Waals surface area contributed by atoms with Crippen LogP contribution in [-0.2, 0) is 9.59 Å². The highest BCUT2D eigenvalue weighted by Crippen LogP contribution is 2.33. The smallest absolute Gasteiger partial charge is 0.320 e. The summed E-state index contributed by atoms with van der Waals surface area (Å²) >= 11 is 1.87. The van der Waals surface area contributed by atoms with Crippen molar-refractivity contribution in [2.45, 2.75) is 61.9 Å². The Kier molecular flexibility index (Phi) is 10.5. The topological polar surface area (TPSA) is 206 Å². The molecule has 0 spiro atoms. The van der Waals surface area contributed by atoms with Crippen LogP contribution in [0.15, 0.2) is 4.99 Å². The molecule has 1 unspecified atom stereocenters. The number of carboxylic acids is 2. The van der Waals surface area contributed by atoms with Crippen LogP contribution in [-0.4, -0.2) is 69.8 Å². The maximum absolute atomic E-state index is 11.1. The van der Waals surface area contributed by atoms with Gasteiger partial charge in [0.1, 0.15) is 6.04 Å². The summed E-state index contributed by atoms with van der Waals surface area (Å²) in [6.07, 6.45) is 3.84. The average molecular weight is 419 g/mol. The van der Waals surface area contributed by atoms with Crippen molar-refractivity contribution in [1.29, 1.82) is 0 Å². The number of urea groups is 1. The molecule has 2 rings (SSSR count). The number of carbonyl (C=O) groups excluding carboxylic acids is 1. The first-order valence-electron chi connectivity index (χ1n) is 9.15. The molecule has 0 aromatic rings. The summed E-state index contributed by atoms with van der Waals surface area (Å²) in [5, 5.41) is 23.2. The van der Waals surface area contributed by atoms with Gasteiger partial charge >= 0.3 is 18.0 Å². The number of nitrogens with two attached hydrogens (primary N) is 3. The van der Waals surface area contributed by atoms with Crippen LogP contribution in [0, 0.1) is 0 Å². The van der Waals surface area contributed by atoms with Crippen LogP contribution in [0.3, 0.4) is 0 Å². The lowest BCUT2D eigenvalue weighted by molar-refractivity contribution is -0.139. The maximum atomic E-state index is 11.1. The zero-order chi connectivity index (χ0) is 21.1. The number of unbranched alkanes of at least 4 members (excludes halogenated alkanes) is 1. The fraction of sp³-hybridized carbons (Fsp3) is 0.750. The zero-order valence-electron chi connectivity index (χ0n) is 15.7. The molecule has 2 heterocycles. The molecule has 2 aliphatic heterocycles. The maximum Gasteiger partial charge on any atom is 0.320 e. The third kappa shape index (κ3) is 9.13. The molecule has 0 saturated carbocycles. The van der Waals surface area contributed by atoms with E-state index in [1.165, 1.54) is 0 Å². The van der Waals surface area contributed by atoms with Crippen molar-refractivity contribution in [1.82, 2.24) is 10.6 Å². The molecule has 0 aromatic carbocycles. The Morgan fingerprint density at radius 3 is 2.54 bits per heavy atom. The first kappa shape index (κ1) is 23.8. The number of carboxylic acid groups (broad SMARTS) is 2. The third-order valence-corrected chi connectivity index (χ3v) is 5.86. The van der Waals surface area contributed by atoms with Gasteiger partial charge in [-0.25, -0.2) is 4.79 Å². The number of amides is 2. The van der Waals surface area contributed by atoms with Crippen LogP contribution in [0.5, 0.6) is 0 Å². The third-order valence-electron chi connectivity index (χ3n) is 4.35. The van der Waals surface area contributed by atoms with Crippen molar-refractivity contribution in [3.63, 3.8) is 0 Å². The van der Waals surface area contributed by atoms with Crippen LogP contribution in [0.2, 0.25) is 0 Å². The van der Waals surface area contributed by atoms with Gasteiger partial charge in [0.05, 0.1) is 12.1 Å². The Bertz CT molecular complexity index is 572. The highest BCUT2D eigenvalue weighted by Gasteiger charge is 2.42. The molecule has 2 amide bonds. The minimum atomic E-state index is -1.00. The number of rotatable bonds is 10. The SMILES string of the molecule is NC(N)=NCCCC(N)C(=O)O.O=C(O)CCCC[C@H]1SC[C@H]2NC(=O)N[C@H]21. The summed E-state index contributed by atoms with van der Waals surface area (Å²) in [4.78, 5) is 35.4. The molecule has 160 valence electrons. The summed E-state index contributed by atoms with van der Waals surface area (Å²) in [7, 11) is 0. The van der Waals surface area contributed by atoms with E-state index in [9.17, 15) is 14.4 Å². The molecule has 2 aliphatic rings. The van der Waals surface area contributed by atoms with Gasteiger partial charge in [0.2, 0.25) is 0 Å². The lowest BCUT2D eigenvalue weighted by atomic mass is 10.0. The van der Waals surface area contributed by atoms with Gasteiger partial charge in [-0.15, -0.1) is 0 Å². The van der Waals surface area contributed by atoms with Gasteiger partial charge in [-0.1, -0.05) is 6.42 Å². The average Bonchev–Trinajstić information content (AvgIpc) is 3.15. The molecule has 12 heteroatoms. The number of nitrogens with zero attached hydrogens (tertiary/aromatic N) is 1. The number of carbonyl (C=O) groups is 3. The molecule has 0 aromatic heterocycles. The van der Waals surface area contributed by atoms with Crippen LogP contribution >= 0.6 is 11.8 Å². The number of aliphatic carboxylic acids is 2. The Labute approximate surface area is 167 Å². The van der Waals surface area contributed by atoms with Gasteiger partial charge in [-0.3, -0.25) is 14.6 Å². The molecule has 2 saturated heterocycles. The van der Waals surface area contributed by atoms with E-state index in [1.807, 2.05) is 11.8 Å².